The molecule has 7 nitrogen and oxygen atoms in total. The number of halogens is 1. The molecule has 0 saturated heterocycles. The Morgan fingerprint density at radius 1 is 1.44 bits per heavy atom. The molecular weight excluding hydrogens is 408 g/mol. The number of anilines is 1. The van der Waals surface area contributed by atoms with Crippen LogP contribution in [0.1, 0.15) is 45.1 Å². The minimum atomic E-state index is 0.109. The monoisotopic (exact) mass is 436 g/mol. The molecule has 1 saturated carbocycles. The third-order valence-corrected chi connectivity index (χ3v) is 6.14. The molecule has 0 spiro atoms. The number of carbonyl (C=O) groups is 1. The smallest absolute Gasteiger partial charge is 0.149 e. The van der Waals surface area contributed by atoms with Crippen molar-refractivity contribution in [2.45, 2.75) is 45.1 Å². The number of aromatic nitrogens is 3. The Labute approximate surface area is 168 Å². The van der Waals surface area contributed by atoms with Gasteiger partial charge in [-0.2, -0.15) is 0 Å². The van der Waals surface area contributed by atoms with Crippen molar-refractivity contribution < 1.29 is 4.79 Å². The van der Waals surface area contributed by atoms with Gasteiger partial charge in [0.2, 0.25) is 0 Å². The molecule has 8 heteroatoms. The summed E-state index contributed by atoms with van der Waals surface area (Å²) in [5, 5.41) is 4.17. The molecule has 0 amide bonds. The van der Waals surface area contributed by atoms with E-state index in [2.05, 4.69) is 42.7 Å². The fourth-order valence-electron chi connectivity index (χ4n) is 4.00. The summed E-state index contributed by atoms with van der Waals surface area (Å²) in [6.07, 6.45) is 8.40. The highest BCUT2D eigenvalue weighted by atomic mass is 79.9. The molecule has 3 atom stereocenters. The molecule has 27 heavy (non-hydrogen) atoms. The molecule has 2 unspecified atom stereocenters. The van der Waals surface area contributed by atoms with E-state index in [0.717, 1.165) is 60.7 Å². The van der Waals surface area contributed by atoms with Crippen LogP contribution in [0, 0.1) is 11.8 Å². The number of fused-ring (bicyclic) bond motifs is 1. The largest absolute Gasteiger partial charge is 0.383 e. The Hall–Kier alpha value is -1.51. The quantitative estimate of drug-likeness (QED) is 0.556. The van der Waals surface area contributed by atoms with E-state index in [1.165, 1.54) is 6.33 Å². The maximum atomic E-state index is 12.6. The van der Waals surface area contributed by atoms with Gasteiger partial charge in [0.1, 0.15) is 23.6 Å². The van der Waals surface area contributed by atoms with Crippen molar-refractivity contribution in [2.75, 3.05) is 25.4 Å². The number of Topliss-reactive ketones (excluding diaryl/α,β-unsaturated/α-hetero) is 1. The van der Waals surface area contributed by atoms with E-state index >= 15 is 0 Å². The highest BCUT2D eigenvalue weighted by molar-refractivity contribution is 9.10. The molecule has 148 valence electrons. The maximum absolute atomic E-state index is 12.6. The summed E-state index contributed by atoms with van der Waals surface area (Å²) in [4.78, 5) is 21.1. The number of nitrogens with one attached hydrogen (secondary N) is 1. The van der Waals surface area contributed by atoms with Crippen LogP contribution in [0.2, 0.25) is 0 Å². The van der Waals surface area contributed by atoms with Gasteiger partial charge in [-0.1, -0.05) is 6.92 Å². The second-order valence-corrected chi connectivity index (χ2v) is 8.49. The van der Waals surface area contributed by atoms with Crippen LogP contribution in [0.3, 0.4) is 0 Å². The number of nitrogens with zero attached hydrogens (tertiary/aromatic N) is 3. The summed E-state index contributed by atoms with van der Waals surface area (Å²) < 4.78 is 3.05. The summed E-state index contributed by atoms with van der Waals surface area (Å²) in [5.74, 6) is 1.45. The van der Waals surface area contributed by atoms with E-state index < -0.39 is 0 Å². The van der Waals surface area contributed by atoms with Crippen LogP contribution < -0.4 is 16.8 Å². The summed E-state index contributed by atoms with van der Waals surface area (Å²) in [6, 6.07) is 0.269. The third kappa shape index (κ3) is 4.67. The predicted octanol–water partition coefficient (Wildman–Crippen LogP) is 2.65. The molecule has 1 aliphatic carbocycles. The highest BCUT2D eigenvalue weighted by Gasteiger charge is 2.31. The van der Waals surface area contributed by atoms with Gasteiger partial charge in [-0.05, 0) is 67.0 Å². The van der Waals surface area contributed by atoms with Gasteiger partial charge in [-0.15, -0.1) is 0 Å². The summed E-state index contributed by atoms with van der Waals surface area (Å²) >= 11 is 3.56. The minimum Gasteiger partial charge on any atom is -0.383 e. The Balaban J connectivity index is 1.56. The Morgan fingerprint density at radius 2 is 2.26 bits per heavy atom. The van der Waals surface area contributed by atoms with E-state index in [1.807, 2.05) is 6.20 Å². The Morgan fingerprint density at radius 3 is 3.04 bits per heavy atom. The summed E-state index contributed by atoms with van der Waals surface area (Å²) in [5.41, 5.74) is 12.4. The van der Waals surface area contributed by atoms with Crippen molar-refractivity contribution in [1.29, 1.82) is 0 Å². The average molecular weight is 437 g/mol. The Kier molecular flexibility index (Phi) is 6.83. The molecule has 0 radical (unpaired) electrons. The number of nitrogen functional groups attached to an aromatic ring is 1. The van der Waals surface area contributed by atoms with Crippen LogP contribution in [0.15, 0.2) is 17.0 Å². The maximum Gasteiger partial charge on any atom is 0.149 e. The lowest BCUT2D eigenvalue weighted by Gasteiger charge is -2.15. The number of nitrogens with two attached hydrogens (primary N) is 2. The van der Waals surface area contributed by atoms with Gasteiger partial charge in [0.25, 0.3) is 0 Å². The highest BCUT2D eigenvalue weighted by Crippen LogP contribution is 2.39. The normalized spacial score (nSPS) is 21.0. The third-order valence-electron chi connectivity index (χ3n) is 5.54. The van der Waals surface area contributed by atoms with Crippen LogP contribution in [0.25, 0.3) is 11.0 Å². The second-order valence-electron chi connectivity index (χ2n) is 7.64. The first kappa shape index (κ1) is 20.2. The fraction of sp³-hybridized carbons (Fsp3) is 0.632. The van der Waals surface area contributed by atoms with Crippen molar-refractivity contribution in [2.24, 2.45) is 17.6 Å². The summed E-state index contributed by atoms with van der Waals surface area (Å²) in [7, 11) is 0. The lowest BCUT2D eigenvalue weighted by Crippen LogP contribution is -2.30. The van der Waals surface area contributed by atoms with Gasteiger partial charge in [-0.25, -0.2) is 9.97 Å². The van der Waals surface area contributed by atoms with Gasteiger partial charge < -0.3 is 21.4 Å². The Bertz CT molecular complexity index is 792. The number of carbonyl (C=O) groups excluding carboxylic acids is 1. The fourth-order valence-corrected chi connectivity index (χ4v) is 4.60. The SMILES string of the molecule is C[C@@H](CCCN)CNCC(=O)C1CCC(n2cc(Br)c3c(N)ncnc32)C1. The molecule has 2 heterocycles. The molecule has 1 fully saturated rings. The van der Waals surface area contributed by atoms with E-state index in [0.29, 0.717) is 24.1 Å². The topological polar surface area (TPSA) is 112 Å². The van der Waals surface area contributed by atoms with Crippen molar-refractivity contribution in [1.82, 2.24) is 19.9 Å². The summed E-state index contributed by atoms with van der Waals surface area (Å²) in [6.45, 7) is 4.25. The second kappa shape index (κ2) is 9.12. The van der Waals surface area contributed by atoms with Gasteiger partial charge >= 0.3 is 0 Å². The van der Waals surface area contributed by atoms with E-state index in [-0.39, 0.29) is 12.0 Å². The molecule has 0 aromatic carbocycles. The van der Waals surface area contributed by atoms with Gasteiger partial charge in [0.15, 0.2) is 0 Å². The predicted molar refractivity (Wildman–Crippen MR) is 111 cm³/mol. The first-order valence-corrected chi connectivity index (χ1v) is 10.5. The molecule has 2 aromatic rings. The molecule has 1 aliphatic rings. The number of hydrogen-bond donors (Lipinski definition) is 3. The van der Waals surface area contributed by atoms with Crippen LogP contribution in [-0.2, 0) is 4.79 Å². The van der Waals surface area contributed by atoms with Gasteiger partial charge in [0.05, 0.1) is 11.9 Å². The standard InChI is InChI=1S/C19H29BrN6O/c1-12(3-2-6-21)8-23-9-16(27)13-4-5-14(7-13)26-10-15(20)17-18(22)24-11-25-19(17)26/h10-14,23H,2-9,21H2,1H3,(H2,22,24,25)/t12-,13?,14?/m0/s1. The molecular formula is C19H29BrN6O. The minimum absolute atomic E-state index is 0.109. The molecule has 0 bridgehead atoms. The zero-order valence-electron chi connectivity index (χ0n) is 15.8. The van der Waals surface area contributed by atoms with E-state index in [4.69, 9.17) is 11.5 Å². The van der Waals surface area contributed by atoms with E-state index in [9.17, 15) is 4.79 Å². The zero-order valence-corrected chi connectivity index (χ0v) is 17.4. The van der Waals surface area contributed by atoms with Crippen LogP contribution in [0.5, 0.6) is 0 Å². The van der Waals surface area contributed by atoms with Gasteiger partial charge in [0, 0.05) is 22.6 Å². The molecule has 5 N–H and O–H groups in total. The van der Waals surface area contributed by atoms with Crippen LogP contribution >= 0.6 is 15.9 Å². The lowest BCUT2D eigenvalue weighted by molar-refractivity contribution is -0.121. The van der Waals surface area contributed by atoms with Crippen molar-refractivity contribution in [3.63, 3.8) is 0 Å². The molecule has 0 aliphatic heterocycles. The number of rotatable bonds is 9. The van der Waals surface area contributed by atoms with Crippen LogP contribution in [0.4, 0.5) is 5.82 Å². The van der Waals surface area contributed by atoms with E-state index in [1.54, 1.807) is 0 Å². The van der Waals surface area contributed by atoms with Crippen molar-refractivity contribution in [3.05, 3.63) is 17.0 Å². The van der Waals surface area contributed by atoms with Crippen molar-refractivity contribution >= 4 is 38.6 Å². The van der Waals surface area contributed by atoms with Gasteiger partial charge in [-0.3, -0.25) is 4.79 Å². The van der Waals surface area contributed by atoms with Crippen LogP contribution in [-0.4, -0.2) is 40.0 Å². The molecule has 3 rings (SSSR count). The lowest BCUT2D eigenvalue weighted by atomic mass is 10.0. The first-order chi connectivity index (χ1) is 13.0. The number of ketones is 1. The first-order valence-electron chi connectivity index (χ1n) is 9.71. The van der Waals surface area contributed by atoms with Crippen molar-refractivity contribution in [3.8, 4) is 0 Å². The average Bonchev–Trinajstić information content (AvgIpc) is 3.25. The zero-order chi connectivity index (χ0) is 19.4. The molecule has 2 aromatic heterocycles. The number of hydrogen-bond acceptors (Lipinski definition) is 6.